The van der Waals surface area contributed by atoms with E-state index < -0.39 is 11.7 Å². The van der Waals surface area contributed by atoms with E-state index in [0.717, 1.165) is 3.57 Å². The number of amides is 2. The number of hydrogen-bond acceptors (Lipinski definition) is 4. The second-order valence-corrected chi connectivity index (χ2v) is 8.05. The number of halogens is 1. The summed E-state index contributed by atoms with van der Waals surface area (Å²) in [7, 11) is 0. The fraction of sp³-hybridized carbons (Fsp3) is 0.529. The van der Waals surface area contributed by atoms with Gasteiger partial charge in [-0.25, -0.2) is 15.6 Å². The highest BCUT2D eigenvalue weighted by molar-refractivity contribution is 14.1. The van der Waals surface area contributed by atoms with Crippen molar-refractivity contribution in [1.29, 1.82) is 0 Å². The van der Waals surface area contributed by atoms with Gasteiger partial charge in [-0.1, -0.05) is 12.1 Å². The third kappa shape index (κ3) is 4.83. The van der Waals surface area contributed by atoms with Gasteiger partial charge in [-0.2, -0.15) is 0 Å². The molecule has 0 spiro atoms. The second-order valence-electron chi connectivity index (χ2n) is 6.89. The molecule has 1 aromatic carbocycles. The standard InChI is InChI=1S/C17H24IN3O3/c1-17(2,3)24-16(23)21(19)12-8-10-20(11-9-12)15(22)13-6-4-5-7-14(13)18/h4-7,12H,8-11,19H2,1-3H3. The summed E-state index contributed by atoms with van der Waals surface area (Å²) in [6, 6.07) is 7.43. The van der Waals surface area contributed by atoms with Crippen molar-refractivity contribution in [1.82, 2.24) is 9.91 Å². The summed E-state index contributed by atoms with van der Waals surface area (Å²) >= 11 is 2.17. The highest BCUT2D eigenvalue weighted by Crippen LogP contribution is 2.20. The normalized spacial score (nSPS) is 16.0. The minimum absolute atomic E-state index is 0.0271. The molecule has 0 aromatic heterocycles. The number of hydrogen-bond donors (Lipinski definition) is 1. The largest absolute Gasteiger partial charge is 0.443 e. The zero-order valence-electron chi connectivity index (χ0n) is 14.3. The first-order valence-electron chi connectivity index (χ1n) is 8.00. The van der Waals surface area contributed by atoms with Gasteiger partial charge in [0.25, 0.3) is 5.91 Å². The number of hydrazine groups is 1. The Bertz CT molecular complexity index is 607. The van der Waals surface area contributed by atoms with Gasteiger partial charge in [-0.05, 0) is 68.3 Å². The average Bonchev–Trinajstić information content (AvgIpc) is 2.52. The zero-order chi connectivity index (χ0) is 17.9. The first kappa shape index (κ1) is 19.0. The van der Waals surface area contributed by atoms with Crippen LogP contribution in [0, 0.1) is 3.57 Å². The minimum Gasteiger partial charge on any atom is -0.443 e. The number of carbonyl (C=O) groups is 2. The van der Waals surface area contributed by atoms with E-state index >= 15 is 0 Å². The highest BCUT2D eigenvalue weighted by Gasteiger charge is 2.31. The van der Waals surface area contributed by atoms with Gasteiger partial charge in [0, 0.05) is 16.7 Å². The first-order valence-corrected chi connectivity index (χ1v) is 9.07. The topological polar surface area (TPSA) is 75.9 Å². The molecule has 1 fully saturated rings. The lowest BCUT2D eigenvalue weighted by atomic mass is 10.0. The van der Waals surface area contributed by atoms with Crippen LogP contribution in [0.3, 0.4) is 0 Å². The van der Waals surface area contributed by atoms with E-state index in [4.69, 9.17) is 10.6 Å². The van der Waals surface area contributed by atoms with Gasteiger partial charge in [0.05, 0.1) is 11.6 Å². The number of piperidine rings is 1. The lowest BCUT2D eigenvalue weighted by Gasteiger charge is -2.36. The van der Waals surface area contributed by atoms with Crippen molar-refractivity contribution in [3.05, 3.63) is 33.4 Å². The summed E-state index contributed by atoms with van der Waals surface area (Å²) in [5, 5.41) is 1.17. The van der Waals surface area contributed by atoms with Gasteiger partial charge in [-0.15, -0.1) is 0 Å². The Morgan fingerprint density at radius 3 is 2.38 bits per heavy atom. The van der Waals surface area contributed by atoms with Gasteiger partial charge in [0.1, 0.15) is 5.60 Å². The number of likely N-dealkylation sites (tertiary alicyclic amines) is 1. The molecule has 1 aliphatic rings. The number of benzene rings is 1. The van der Waals surface area contributed by atoms with E-state index in [2.05, 4.69) is 22.6 Å². The van der Waals surface area contributed by atoms with E-state index in [1.165, 1.54) is 5.01 Å². The number of nitrogens with zero attached hydrogens (tertiary/aromatic N) is 2. The quantitative estimate of drug-likeness (QED) is 0.329. The van der Waals surface area contributed by atoms with Crippen molar-refractivity contribution in [3.8, 4) is 0 Å². The maximum absolute atomic E-state index is 12.6. The van der Waals surface area contributed by atoms with Crippen molar-refractivity contribution in [2.75, 3.05) is 13.1 Å². The third-order valence-corrected chi connectivity index (χ3v) is 4.79. The van der Waals surface area contributed by atoms with Crippen LogP contribution in [0.25, 0.3) is 0 Å². The molecule has 1 aliphatic heterocycles. The molecule has 6 nitrogen and oxygen atoms in total. The van der Waals surface area contributed by atoms with Crippen LogP contribution < -0.4 is 5.84 Å². The Kier molecular flexibility index (Phi) is 6.08. The lowest BCUT2D eigenvalue weighted by molar-refractivity contribution is 0.00836. The van der Waals surface area contributed by atoms with E-state index in [1.807, 2.05) is 49.9 Å². The maximum Gasteiger partial charge on any atom is 0.424 e. The van der Waals surface area contributed by atoms with Gasteiger partial charge < -0.3 is 9.64 Å². The summed E-state index contributed by atoms with van der Waals surface area (Å²) in [5.74, 6) is 5.94. The molecule has 1 heterocycles. The van der Waals surface area contributed by atoms with Crippen LogP contribution in [-0.2, 0) is 4.74 Å². The fourth-order valence-electron chi connectivity index (χ4n) is 2.62. The van der Waals surface area contributed by atoms with Crippen LogP contribution in [-0.4, -0.2) is 46.6 Å². The molecule has 2 amide bonds. The number of rotatable bonds is 2. The summed E-state index contributed by atoms with van der Waals surface area (Å²) < 4.78 is 6.23. The molecule has 24 heavy (non-hydrogen) atoms. The minimum atomic E-state index is -0.574. The molecule has 0 unspecified atom stereocenters. The van der Waals surface area contributed by atoms with E-state index in [-0.39, 0.29) is 11.9 Å². The zero-order valence-corrected chi connectivity index (χ0v) is 16.4. The van der Waals surface area contributed by atoms with Gasteiger partial charge in [0.2, 0.25) is 0 Å². The highest BCUT2D eigenvalue weighted by atomic mass is 127. The van der Waals surface area contributed by atoms with Crippen LogP contribution in [0.15, 0.2) is 24.3 Å². The summed E-state index contributed by atoms with van der Waals surface area (Å²) in [6.45, 7) is 6.57. The number of ether oxygens (including phenoxy) is 1. The molecular formula is C17H24IN3O3. The Labute approximate surface area is 156 Å². The molecule has 2 N–H and O–H groups in total. The molecule has 1 saturated heterocycles. The molecule has 0 saturated carbocycles. The smallest absolute Gasteiger partial charge is 0.424 e. The Morgan fingerprint density at radius 1 is 1.25 bits per heavy atom. The van der Waals surface area contributed by atoms with Crippen LogP contribution in [0.4, 0.5) is 4.79 Å². The van der Waals surface area contributed by atoms with Crippen molar-refractivity contribution < 1.29 is 14.3 Å². The molecular weight excluding hydrogens is 421 g/mol. The molecule has 1 aromatic rings. The predicted octanol–water partition coefficient (Wildman–Crippen LogP) is 3.01. The molecule has 2 rings (SSSR count). The Morgan fingerprint density at radius 2 is 1.83 bits per heavy atom. The average molecular weight is 445 g/mol. The molecule has 0 radical (unpaired) electrons. The van der Waals surface area contributed by atoms with Crippen molar-refractivity contribution in [3.63, 3.8) is 0 Å². The van der Waals surface area contributed by atoms with E-state index in [0.29, 0.717) is 31.5 Å². The van der Waals surface area contributed by atoms with Gasteiger partial charge in [-0.3, -0.25) is 4.79 Å². The van der Waals surface area contributed by atoms with Crippen LogP contribution in [0.1, 0.15) is 44.0 Å². The van der Waals surface area contributed by atoms with Crippen molar-refractivity contribution in [2.24, 2.45) is 5.84 Å². The van der Waals surface area contributed by atoms with E-state index in [9.17, 15) is 9.59 Å². The molecule has 0 atom stereocenters. The summed E-state index contributed by atoms with van der Waals surface area (Å²) in [6.07, 6.45) is 0.764. The third-order valence-electron chi connectivity index (χ3n) is 3.85. The molecule has 0 bridgehead atoms. The Hall–Kier alpha value is -1.35. The fourth-order valence-corrected chi connectivity index (χ4v) is 3.23. The first-order chi connectivity index (χ1) is 11.2. The van der Waals surface area contributed by atoms with Gasteiger partial charge >= 0.3 is 6.09 Å². The van der Waals surface area contributed by atoms with Crippen LogP contribution >= 0.6 is 22.6 Å². The molecule has 0 aliphatic carbocycles. The molecule has 7 heteroatoms. The van der Waals surface area contributed by atoms with Crippen LogP contribution in [0.5, 0.6) is 0 Å². The SMILES string of the molecule is CC(C)(C)OC(=O)N(N)C1CCN(C(=O)c2ccccc2I)CC1. The summed E-state index contributed by atoms with van der Waals surface area (Å²) in [4.78, 5) is 26.5. The number of nitrogens with two attached hydrogens (primary N) is 1. The summed E-state index contributed by atoms with van der Waals surface area (Å²) in [5.41, 5.74) is 0.142. The predicted molar refractivity (Wildman–Crippen MR) is 100 cm³/mol. The number of carbonyl (C=O) groups excluding carboxylic acids is 2. The van der Waals surface area contributed by atoms with Crippen molar-refractivity contribution in [2.45, 2.75) is 45.3 Å². The van der Waals surface area contributed by atoms with E-state index in [1.54, 1.807) is 0 Å². The van der Waals surface area contributed by atoms with Gasteiger partial charge in [0.15, 0.2) is 0 Å². The Balaban J connectivity index is 1.93. The lowest BCUT2D eigenvalue weighted by Crippen LogP contribution is -2.53. The molecule has 132 valence electrons. The van der Waals surface area contributed by atoms with Crippen LogP contribution in [0.2, 0.25) is 0 Å². The monoisotopic (exact) mass is 445 g/mol. The maximum atomic E-state index is 12.6. The second kappa shape index (κ2) is 7.69. The van der Waals surface area contributed by atoms with Crippen molar-refractivity contribution >= 4 is 34.6 Å².